The van der Waals surface area contributed by atoms with E-state index in [0.717, 1.165) is 6.07 Å². The van der Waals surface area contributed by atoms with Crippen LogP contribution in [-0.2, 0) is 9.59 Å². The molecule has 0 bridgehead atoms. The molecule has 22 heavy (non-hydrogen) atoms. The van der Waals surface area contributed by atoms with Gasteiger partial charge < -0.3 is 20.4 Å². The van der Waals surface area contributed by atoms with E-state index in [2.05, 4.69) is 5.32 Å². The maximum atomic E-state index is 12.2. The van der Waals surface area contributed by atoms with Gasteiger partial charge in [-0.15, -0.1) is 0 Å². The van der Waals surface area contributed by atoms with Gasteiger partial charge in [0.1, 0.15) is 5.75 Å². The van der Waals surface area contributed by atoms with Crippen LogP contribution in [0, 0.1) is 5.92 Å². The number of carboxylic acids is 1. The van der Waals surface area contributed by atoms with Gasteiger partial charge in [-0.05, 0) is 32.0 Å². The van der Waals surface area contributed by atoms with Crippen molar-refractivity contribution in [3.05, 3.63) is 23.8 Å². The van der Waals surface area contributed by atoms with E-state index in [9.17, 15) is 19.5 Å². The first kappa shape index (κ1) is 15.8. The van der Waals surface area contributed by atoms with Crippen molar-refractivity contribution in [2.45, 2.75) is 26.3 Å². The smallest absolute Gasteiger partial charge is 0.335 e. The first-order valence-corrected chi connectivity index (χ1v) is 6.96. The van der Waals surface area contributed by atoms with Crippen molar-refractivity contribution in [1.29, 1.82) is 0 Å². The summed E-state index contributed by atoms with van der Waals surface area (Å²) in [7, 11) is 0. The number of carbonyl (C=O) groups is 3. The summed E-state index contributed by atoms with van der Waals surface area (Å²) >= 11 is 0. The molecule has 1 aliphatic heterocycles. The normalized spacial score (nSPS) is 17.9. The maximum absolute atomic E-state index is 12.2. The lowest BCUT2D eigenvalue weighted by Crippen LogP contribution is -2.33. The molecular formula is C15H18N2O5. The lowest BCUT2D eigenvalue weighted by molar-refractivity contribution is -0.129. The number of benzene rings is 1. The number of amides is 2. The Morgan fingerprint density at radius 3 is 2.55 bits per heavy atom. The highest BCUT2D eigenvalue weighted by molar-refractivity contribution is 5.98. The number of rotatable bonds is 4. The lowest BCUT2D eigenvalue weighted by Gasteiger charge is -2.20. The number of aromatic hydroxyl groups is 1. The molecule has 0 saturated carbocycles. The molecule has 2 amide bonds. The molecule has 1 aromatic carbocycles. The summed E-state index contributed by atoms with van der Waals surface area (Å²) in [6.07, 6.45) is 0.137. The van der Waals surface area contributed by atoms with Crippen LogP contribution in [0.15, 0.2) is 18.2 Å². The molecule has 1 fully saturated rings. The van der Waals surface area contributed by atoms with Crippen LogP contribution in [0.2, 0.25) is 0 Å². The minimum atomic E-state index is -1.16. The number of nitrogens with one attached hydrogen (secondary N) is 1. The van der Waals surface area contributed by atoms with E-state index in [-0.39, 0.29) is 41.3 Å². The second-order valence-corrected chi connectivity index (χ2v) is 5.57. The highest BCUT2D eigenvalue weighted by Gasteiger charge is 2.35. The van der Waals surface area contributed by atoms with E-state index in [0.29, 0.717) is 6.54 Å². The van der Waals surface area contributed by atoms with Crippen molar-refractivity contribution in [3.8, 4) is 5.75 Å². The number of carbonyl (C=O) groups excluding carboxylic acids is 2. The molecule has 7 heteroatoms. The third kappa shape index (κ3) is 3.19. The number of aromatic carboxylic acids is 1. The molecule has 1 saturated heterocycles. The third-order valence-electron chi connectivity index (χ3n) is 3.66. The number of nitrogens with zero attached hydrogens (tertiary/aromatic N) is 1. The number of hydrogen-bond donors (Lipinski definition) is 3. The van der Waals surface area contributed by atoms with Gasteiger partial charge in [-0.1, -0.05) is 0 Å². The molecule has 1 aliphatic rings. The fraction of sp³-hybridized carbons (Fsp3) is 0.400. The fourth-order valence-electron chi connectivity index (χ4n) is 2.41. The van der Waals surface area contributed by atoms with E-state index in [4.69, 9.17) is 5.11 Å². The molecule has 1 atom stereocenters. The van der Waals surface area contributed by atoms with E-state index in [1.807, 2.05) is 13.8 Å². The molecule has 7 nitrogen and oxygen atoms in total. The number of carboxylic acid groups (broad SMARTS) is 1. The highest BCUT2D eigenvalue weighted by atomic mass is 16.4. The van der Waals surface area contributed by atoms with Gasteiger partial charge in [0.2, 0.25) is 11.8 Å². The molecule has 0 spiro atoms. The Labute approximate surface area is 127 Å². The number of phenolic OH excluding ortho intramolecular Hbond substituents is 1. The zero-order chi connectivity index (χ0) is 16.4. The summed E-state index contributed by atoms with van der Waals surface area (Å²) in [5.41, 5.74) is 0.0583. The van der Waals surface area contributed by atoms with E-state index < -0.39 is 11.9 Å². The van der Waals surface area contributed by atoms with Crippen LogP contribution >= 0.6 is 0 Å². The summed E-state index contributed by atoms with van der Waals surface area (Å²) in [5, 5.41) is 21.1. The molecule has 1 heterocycles. The van der Waals surface area contributed by atoms with Gasteiger partial charge in [-0.2, -0.15) is 0 Å². The van der Waals surface area contributed by atoms with Crippen LogP contribution < -0.4 is 5.32 Å². The van der Waals surface area contributed by atoms with Crippen molar-refractivity contribution in [1.82, 2.24) is 4.90 Å². The first-order valence-electron chi connectivity index (χ1n) is 6.96. The zero-order valence-electron chi connectivity index (χ0n) is 12.4. The van der Waals surface area contributed by atoms with Gasteiger partial charge >= 0.3 is 5.97 Å². The lowest BCUT2D eigenvalue weighted by atomic mass is 10.1. The average molecular weight is 306 g/mol. The molecule has 0 aromatic heterocycles. The number of anilines is 1. The largest absolute Gasteiger partial charge is 0.506 e. The van der Waals surface area contributed by atoms with Crippen LogP contribution in [0.4, 0.5) is 5.69 Å². The van der Waals surface area contributed by atoms with Gasteiger partial charge in [0.05, 0.1) is 17.2 Å². The monoisotopic (exact) mass is 306 g/mol. The van der Waals surface area contributed by atoms with E-state index in [1.54, 1.807) is 4.90 Å². The highest BCUT2D eigenvalue weighted by Crippen LogP contribution is 2.27. The summed E-state index contributed by atoms with van der Waals surface area (Å²) in [6.45, 7) is 4.11. The van der Waals surface area contributed by atoms with Gasteiger partial charge in [0.25, 0.3) is 0 Å². The minimum Gasteiger partial charge on any atom is -0.506 e. The van der Waals surface area contributed by atoms with Gasteiger partial charge in [0.15, 0.2) is 0 Å². The zero-order valence-corrected chi connectivity index (χ0v) is 12.4. The van der Waals surface area contributed by atoms with Crippen molar-refractivity contribution in [2.24, 2.45) is 5.92 Å². The van der Waals surface area contributed by atoms with Crippen LogP contribution in [0.5, 0.6) is 5.75 Å². The topological polar surface area (TPSA) is 107 Å². The molecular weight excluding hydrogens is 288 g/mol. The van der Waals surface area contributed by atoms with Crippen molar-refractivity contribution in [3.63, 3.8) is 0 Å². The Bertz CT molecular complexity index is 626. The first-order chi connectivity index (χ1) is 10.3. The second kappa shape index (κ2) is 6.05. The predicted molar refractivity (Wildman–Crippen MR) is 78.7 cm³/mol. The maximum Gasteiger partial charge on any atom is 0.335 e. The average Bonchev–Trinajstić information content (AvgIpc) is 2.83. The van der Waals surface area contributed by atoms with Gasteiger partial charge in [0, 0.05) is 19.0 Å². The molecule has 0 aliphatic carbocycles. The Morgan fingerprint density at radius 2 is 2.05 bits per heavy atom. The third-order valence-corrected chi connectivity index (χ3v) is 3.66. The van der Waals surface area contributed by atoms with Gasteiger partial charge in [-0.25, -0.2) is 4.79 Å². The SMILES string of the molecule is CC(C)N1CC(C(=O)Nc2ccc(C(=O)O)cc2O)CC1=O. The molecule has 2 rings (SSSR count). The molecule has 1 aromatic rings. The quantitative estimate of drug-likeness (QED) is 0.727. The van der Waals surface area contributed by atoms with Crippen LogP contribution in [0.25, 0.3) is 0 Å². The van der Waals surface area contributed by atoms with Crippen LogP contribution in [-0.4, -0.2) is 45.5 Å². The fourth-order valence-corrected chi connectivity index (χ4v) is 2.41. The van der Waals surface area contributed by atoms with E-state index in [1.165, 1.54) is 12.1 Å². The summed E-state index contributed by atoms with van der Waals surface area (Å²) in [6, 6.07) is 3.72. The van der Waals surface area contributed by atoms with Crippen LogP contribution in [0.3, 0.4) is 0 Å². The Morgan fingerprint density at radius 1 is 1.36 bits per heavy atom. The molecule has 118 valence electrons. The standard InChI is InChI=1S/C15H18N2O5/c1-8(2)17-7-10(6-13(17)19)14(20)16-11-4-3-9(15(21)22)5-12(11)18/h3-5,8,10,18H,6-7H2,1-2H3,(H,16,20)(H,21,22). The van der Waals surface area contributed by atoms with E-state index >= 15 is 0 Å². The minimum absolute atomic E-state index is 0.0357. The van der Waals surface area contributed by atoms with Crippen molar-refractivity contribution in [2.75, 3.05) is 11.9 Å². The molecule has 1 unspecified atom stereocenters. The Hall–Kier alpha value is -2.57. The molecule has 3 N–H and O–H groups in total. The van der Waals surface area contributed by atoms with Crippen molar-refractivity contribution < 1.29 is 24.6 Å². The Kier molecular flexibility index (Phi) is 4.35. The molecule has 0 radical (unpaired) electrons. The Balaban J connectivity index is 2.07. The van der Waals surface area contributed by atoms with Gasteiger partial charge in [-0.3, -0.25) is 9.59 Å². The summed E-state index contributed by atoms with van der Waals surface area (Å²) in [4.78, 5) is 36.4. The van der Waals surface area contributed by atoms with Crippen molar-refractivity contribution >= 4 is 23.5 Å². The number of likely N-dealkylation sites (tertiary alicyclic amines) is 1. The van der Waals surface area contributed by atoms with Crippen LogP contribution in [0.1, 0.15) is 30.6 Å². The predicted octanol–water partition coefficient (Wildman–Crippen LogP) is 1.29. The number of phenols is 1. The summed E-state index contributed by atoms with van der Waals surface area (Å²) < 4.78 is 0. The second-order valence-electron chi connectivity index (χ2n) is 5.57. The summed E-state index contributed by atoms with van der Waals surface area (Å²) in [5.74, 6) is -2.40. The number of hydrogen-bond acceptors (Lipinski definition) is 4.